The van der Waals surface area contributed by atoms with Crippen LogP contribution in [-0.4, -0.2) is 25.3 Å². The van der Waals surface area contributed by atoms with E-state index >= 15 is 0 Å². The fourth-order valence-corrected chi connectivity index (χ4v) is 4.03. The molecule has 1 heterocycles. The SMILES string of the molecule is CCCCS(=O)(=O)NCCc1cc(C)n(-c2ccccc2)c1C. The Morgan fingerprint density at radius 3 is 2.48 bits per heavy atom. The normalized spacial score (nSPS) is 11.8. The van der Waals surface area contributed by atoms with Gasteiger partial charge < -0.3 is 4.57 Å². The number of aryl methyl sites for hydroxylation is 1. The van der Waals surface area contributed by atoms with E-state index in [1.165, 1.54) is 11.3 Å². The van der Waals surface area contributed by atoms with E-state index in [0.717, 1.165) is 17.8 Å². The molecule has 0 aliphatic carbocycles. The summed E-state index contributed by atoms with van der Waals surface area (Å²) in [7, 11) is -3.14. The molecule has 1 aromatic heterocycles. The lowest BCUT2D eigenvalue weighted by Crippen LogP contribution is -2.28. The molecule has 2 aromatic rings. The minimum Gasteiger partial charge on any atom is -0.318 e. The fourth-order valence-electron chi connectivity index (χ4n) is 2.80. The highest BCUT2D eigenvalue weighted by molar-refractivity contribution is 7.89. The van der Waals surface area contributed by atoms with Crippen LogP contribution in [0.4, 0.5) is 0 Å². The third-order valence-corrected chi connectivity index (χ3v) is 5.50. The van der Waals surface area contributed by atoms with Gasteiger partial charge in [-0.05, 0) is 50.5 Å². The first kappa shape index (κ1) is 17.8. The van der Waals surface area contributed by atoms with Crippen LogP contribution >= 0.6 is 0 Å². The first-order valence-corrected chi connectivity index (χ1v) is 9.80. The largest absolute Gasteiger partial charge is 0.318 e. The summed E-state index contributed by atoms with van der Waals surface area (Å²) in [5.74, 6) is 0.215. The third kappa shape index (κ3) is 4.69. The molecule has 0 unspecified atom stereocenters. The molecule has 0 atom stereocenters. The number of hydrogen-bond donors (Lipinski definition) is 1. The van der Waals surface area contributed by atoms with Crippen molar-refractivity contribution >= 4 is 10.0 Å². The number of hydrogen-bond acceptors (Lipinski definition) is 2. The second-order valence-electron chi connectivity index (χ2n) is 5.88. The molecule has 1 aromatic carbocycles. The minimum absolute atomic E-state index is 0.215. The molecule has 0 saturated heterocycles. The van der Waals surface area contributed by atoms with Crippen molar-refractivity contribution in [3.8, 4) is 5.69 Å². The fraction of sp³-hybridized carbons (Fsp3) is 0.444. The third-order valence-electron chi connectivity index (χ3n) is 4.03. The van der Waals surface area contributed by atoms with E-state index in [1.807, 2.05) is 25.1 Å². The van der Waals surface area contributed by atoms with Gasteiger partial charge in [0.2, 0.25) is 10.0 Å². The summed E-state index contributed by atoms with van der Waals surface area (Å²) in [6.07, 6.45) is 2.30. The van der Waals surface area contributed by atoms with E-state index in [-0.39, 0.29) is 5.75 Å². The second kappa shape index (κ2) is 7.79. The summed E-state index contributed by atoms with van der Waals surface area (Å²) in [6.45, 7) is 6.61. The molecule has 126 valence electrons. The minimum atomic E-state index is -3.14. The molecule has 5 heteroatoms. The number of nitrogens with one attached hydrogen (secondary N) is 1. The summed E-state index contributed by atoms with van der Waals surface area (Å²) in [5.41, 5.74) is 4.65. The van der Waals surface area contributed by atoms with Crippen molar-refractivity contribution in [2.75, 3.05) is 12.3 Å². The second-order valence-corrected chi connectivity index (χ2v) is 7.81. The average molecular weight is 334 g/mol. The molecule has 0 aliphatic heterocycles. The smallest absolute Gasteiger partial charge is 0.211 e. The number of rotatable bonds is 8. The van der Waals surface area contributed by atoms with Crippen molar-refractivity contribution in [2.24, 2.45) is 0 Å². The topological polar surface area (TPSA) is 51.1 Å². The number of unbranched alkanes of at least 4 members (excludes halogenated alkanes) is 1. The van der Waals surface area contributed by atoms with E-state index in [2.05, 4.69) is 41.3 Å². The Kier molecular flexibility index (Phi) is 6.02. The Hall–Kier alpha value is -1.59. The van der Waals surface area contributed by atoms with Crippen LogP contribution in [0.25, 0.3) is 5.69 Å². The van der Waals surface area contributed by atoms with Gasteiger partial charge in [0.1, 0.15) is 0 Å². The zero-order chi connectivity index (χ0) is 16.9. The molecule has 4 nitrogen and oxygen atoms in total. The van der Waals surface area contributed by atoms with Crippen molar-refractivity contribution in [1.82, 2.24) is 9.29 Å². The van der Waals surface area contributed by atoms with E-state index < -0.39 is 10.0 Å². The Morgan fingerprint density at radius 2 is 1.83 bits per heavy atom. The Morgan fingerprint density at radius 1 is 1.13 bits per heavy atom. The van der Waals surface area contributed by atoms with Crippen LogP contribution in [0.3, 0.4) is 0 Å². The van der Waals surface area contributed by atoms with Gasteiger partial charge in [-0.3, -0.25) is 0 Å². The van der Waals surface area contributed by atoms with E-state index in [0.29, 0.717) is 19.4 Å². The van der Waals surface area contributed by atoms with Crippen LogP contribution < -0.4 is 4.72 Å². The summed E-state index contributed by atoms with van der Waals surface area (Å²) in [5, 5.41) is 0. The van der Waals surface area contributed by atoms with Crippen LogP contribution in [0.1, 0.15) is 36.7 Å². The van der Waals surface area contributed by atoms with E-state index in [1.54, 1.807) is 0 Å². The van der Waals surface area contributed by atoms with Crippen molar-refractivity contribution in [3.05, 3.63) is 53.3 Å². The number of para-hydroxylation sites is 1. The molecule has 1 N–H and O–H groups in total. The maximum Gasteiger partial charge on any atom is 0.211 e. The zero-order valence-electron chi connectivity index (χ0n) is 14.2. The van der Waals surface area contributed by atoms with E-state index in [9.17, 15) is 8.42 Å². The van der Waals surface area contributed by atoms with Crippen molar-refractivity contribution in [1.29, 1.82) is 0 Å². The van der Waals surface area contributed by atoms with Gasteiger partial charge in [0.25, 0.3) is 0 Å². The number of aromatic nitrogens is 1. The summed E-state index contributed by atoms with van der Waals surface area (Å²) in [6, 6.07) is 12.4. The van der Waals surface area contributed by atoms with Crippen LogP contribution in [0, 0.1) is 13.8 Å². The monoisotopic (exact) mass is 334 g/mol. The number of benzene rings is 1. The van der Waals surface area contributed by atoms with Gasteiger partial charge in [-0.1, -0.05) is 31.5 Å². The van der Waals surface area contributed by atoms with E-state index in [4.69, 9.17) is 0 Å². The Balaban J connectivity index is 2.05. The van der Waals surface area contributed by atoms with Crippen molar-refractivity contribution < 1.29 is 8.42 Å². The van der Waals surface area contributed by atoms with Gasteiger partial charge in [0.05, 0.1) is 5.75 Å². The predicted molar refractivity (Wildman–Crippen MR) is 95.6 cm³/mol. The Labute approximate surface area is 139 Å². The predicted octanol–water partition coefficient (Wildman–Crippen LogP) is 3.36. The van der Waals surface area contributed by atoms with Crippen LogP contribution in [0.15, 0.2) is 36.4 Å². The molecule has 0 saturated carbocycles. The average Bonchev–Trinajstić information content (AvgIpc) is 2.80. The lowest BCUT2D eigenvalue weighted by molar-refractivity contribution is 0.578. The van der Waals surface area contributed by atoms with Crippen LogP contribution in [0.5, 0.6) is 0 Å². The first-order chi connectivity index (χ1) is 10.9. The van der Waals surface area contributed by atoms with Crippen molar-refractivity contribution in [2.45, 2.75) is 40.0 Å². The molecule has 0 amide bonds. The van der Waals surface area contributed by atoms with Gasteiger partial charge >= 0.3 is 0 Å². The standard InChI is InChI=1S/C18H26N2O2S/c1-4-5-13-23(21,22)19-12-11-17-14-15(2)20(16(17)3)18-9-7-6-8-10-18/h6-10,14,19H,4-5,11-13H2,1-3H3. The highest BCUT2D eigenvalue weighted by Crippen LogP contribution is 2.20. The summed E-state index contributed by atoms with van der Waals surface area (Å²) in [4.78, 5) is 0. The summed E-state index contributed by atoms with van der Waals surface area (Å²) >= 11 is 0. The maximum atomic E-state index is 11.8. The van der Waals surface area contributed by atoms with Crippen LogP contribution in [0.2, 0.25) is 0 Å². The molecule has 0 spiro atoms. The first-order valence-electron chi connectivity index (χ1n) is 8.15. The molecule has 0 radical (unpaired) electrons. The summed E-state index contributed by atoms with van der Waals surface area (Å²) < 4.78 is 28.6. The van der Waals surface area contributed by atoms with Gasteiger partial charge in [-0.2, -0.15) is 0 Å². The lowest BCUT2D eigenvalue weighted by atomic mass is 10.2. The van der Waals surface area contributed by atoms with Crippen molar-refractivity contribution in [3.63, 3.8) is 0 Å². The molecular formula is C18H26N2O2S. The van der Waals surface area contributed by atoms with Gasteiger partial charge in [0.15, 0.2) is 0 Å². The molecule has 23 heavy (non-hydrogen) atoms. The molecule has 0 aliphatic rings. The van der Waals surface area contributed by atoms with Crippen LogP contribution in [-0.2, 0) is 16.4 Å². The molecule has 0 fully saturated rings. The zero-order valence-corrected chi connectivity index (χ0v) is 15.0. The van der Waals surface area contributed by atoms with Gasteiger partial charge in [-0.25, -0.2) is 13.1 Å². The lowest BCUT2D eigenvalue weighted by Gasteiger charge is -2.10. The highest BCUT2D eigenvalue weighted by atomic mass is 32.2. The molecule has 0 bridgehead atoms. The quantitative estimate of drug-likeness (QED) is 0.805. The van der Waals surface area contributed by atoms with Gasteiger partial charge in [0, 0.05) is 23.6 Å². The Bertz CT molecular complexity index is 734. The molecular weight excluding hydrogens is 308 g/mol. The maximum absolute atomic E-state index is 11.8. The molecule has 2 rings (SSSR count). The van der Waals surface area contributed by atoms with Gasteiger partial charge in [-0.15, -0.1) is 0 Å². The number of sulfonamides is 1. The number of nitrogens with zero attached hydrogens (tertiary/aromatic N) is 1. The highest BCUT2D eigenvalue weighted by Gasteiger charge is 2.12.